The third-order valence-electron chi connectivity index (χ3n) is 4.48. The SMILES string of the molecule is Cc1ccc(CNC(=O)CN2C(=O)NC(C)(CCC(C)C)C2=O)cc1. The lowest BCUT2D eigenvalue weighted by molar-refractivity contribution is -0.134. The van der Waals surface area contributed by atoms with Gasteiger partial charge < -0.3 is 10.6 Å². The Bertz CT molecular complexity index is 654. The summed E-state index contributed by atoms with van der Waals surface area (Å²) in [4.78, 5) is 37.8. The maximum absolute atomic E-state index is 12.6. The second-order valence-corrected chi connectivity index (χ2v) is 7.35. The van der Waals surface area contributed by atoms with Crippen LogP contribution in [0.5, 0.6) is 0 Å². The second-order valence-electron chi connectivity index (χ2n) is 7.35. The zero-order chi connectivity index (χ0) is 18.6. The maximum atomic E-state index is 12.6. The second kappa shape index (κ2) is 7.68. The van der Waals surface area contributed by atoms with Gasteiger partial charge in [0, 0.05) is 6.54 Å². The Kier molecular flexibility index (Phi) is 5.82. The molecule has 2 rings (SSSR count). The summed E-state index contributed by atoms with van der Waals surface area (Å²) < 4.78 is 0. The molecule has 0 saturated carbocycles. The molecule has 0 aromatic heterocycles. The molecule has 136 valence electrons. The molecule has 0 bridgehead atoms. The molecule has 1 heterocycles. The lowest BCUT2D eigenvalue weighted by Gasteiger charge is -2.22. The minimum absolute atomic E-state index is 0.256. The lowest BCUT2D eigenvalue weighted by atomic mass is 9.92. The Hall–Kier alpha value is -2.37. The molecule has 6 nitrogen and oxygen atoms in total. The zero-order valence-corrected chi connectivity index (χ0v) is 15.4. The summed E-state index contributed by atoms with van der Waals surface area (Å²) in [7, 11) is 0. The molecule has 1 saturated heterocycles. The molecule has 1 aliphatic rings. The van der Waals surface area contributed by atoms with Crippen molar-refractivity contribution in [2.24, 2.45) is 5.92 Å². The van der Waals surface area contributed by atoms with Crippen LogP contribution in [0, 0.1) is 12.8 Å². The minimum Gasteiger partial charge on any atom is -0.350 e. The van der Waals surface area contributed by atoms with Crippen LogP contribution in [-0.2, 0) is 16.1 Å². The number of hydrogen-bond donors (Lipinski definition) is 2. The fraction of sp³-hybridized carbons (Fsp3) is 0.526. The Morgan fingerprint density at radius 2 is 1.88 bits per heavy atom. The van der Waals surface area contributed by atoms with Gasteiger partial charge in [-0.2, -0.15) is 0 Å². The summed E-state index contributed by atoms with van der Waals surface area (Å²) in [5.74, 6) is -0.241. The molecule has 1 aliphatic heterocycles. The van der Waals surface area contributed by atoms with Gasteiger partial charge in [0.15, 0.2) is 0 Å². The summed E-state index contributed by atoms with van der Waals surface area (Å²) in [5.41, 5.74) is 1.20. The van der Waals surface area contributed by atoms with E-state index in [0.717, 1.165) is 22.4 Å². The first kappa shape index (κ1) is 19.0. The summed E-state index contributed by atoms with van der Waals surface area (Å²) in [6.07, 6.45) is 1.40. The molecule has 0 spiro atoms. The van der Waals surface area contributed by atoms with E-state index < -0.39 is 11.6 Å². The van der Waals surface area contributed by atoms with Gasteiger partial charge in [-0.1, -0.05) is 43.7 Å². The van der Waals surface area contributed by atoms with E-state index in [4.69, 9.17) is 0 Å². The number of benzene rings is 1. The molecule has 0 radical (unpaired) electrons. The molecule has 1 unspecified atom stereocenters. The Balaban J connectivity index is 1.90. The zero-order valence-electron chi connectivity index (χ0n) is 15.4. The quantitative estimate of drug-likeness (QED) is 0.745. The number of urea groups is 1. The van der Waals surface area contributed by atoms with Gasteiger partial charge in [-0.25, -0.2) is 4.79 Å². The maximum Gasteiger partial charge on any atom is 0.325 e. The van der Waals surface area contributed by atoms with Crippen molar-refractivity contribution in [3.05, 3.63) is 35.4 Å². The number of nitrogens with zero attached hydrogens (tertiary/aromatic N) is 1. The van der Waals surface area contributed by atoms with Crippen molar-refractivity contribution < 1.29 is 14.4 Å². The van der Waals surface area contributed by atoms with Crippen LogP contribution in [0.1, 0.15) is 44.7 Å². The highest BCUT2D eigenvalue weighted by molar-refractivity contribution is 6.08. The third kappa shape index (κ3) is 4.81. The molecule has 25 heavy (non-hydrogen) atoms. The van der Waals surface area contributed by atoms with E-state index in [0.29, 0.717) is 18.9 Å². The highest BCUT2D eigenvalue weighted by Gasteiger charge is 2.47. The van der Waals surface area contributed by atoms with Crippen LogP contribution in [0.15, 0.2) is 24.3 Å². The van der Waals surface area contributed by atoms with Gasteiger partial charge in [-0.3, -0.25) is 14.5 Å². The third-order valence-corrected chi connectivity index (χ3v) is 4.48. The normalized spacial score (nSPS) is 20.1. The monoisotopic (exact) mass is 345 g/mol. The summed E-state index contributed by atoms with van der Waals surface area (Å²) >= 11 is 0. The smallest absolute Gasteiger partial charge is 0.325 e. The minimum atomic E-state index is -0.918. The van der Waals surface area contributed by atoms with Crippen molar-refractivity contribution >= 4 is 17.8 Å². The Morgan fingerprint density at radius 1 is 1.24 bits per heavy atom. The predicted octanol–water partition coefficient (Wildman–Crippen LogP) is 2.36. The van der Waals surface area contributed by atoms with E-state index in [9.17, 15) is 14.4 Å². The van der Waals surface area contributed by atoms with E-state index in [1.54, 1.807) is 6.92 Å². The van der Waals surface area contributed by atoms with Gasteiger partial charge in [-0.15, -0.1) is 0 Å². The van der Waals surface area contributed by atoms with E-state index >= 15 is 0 Å². The number of nitrogens with one attached hydrogen (secondary N) is 2. The molecule has 4 amide bonds. The highest BCUT2D eigenvalue weighted by Crippen LogP contribution is 2.24. The molecule has 1 aromatic carbocycles. The first-order chi connectivity index (χ1) is 11.7. The molecule has 1 atom stereocenters. The number of carbonyl (C=O) groups is 3. The Labute approximate surface area is 149 Å². The van der Waals surface area contributed by atoms with Gasteiger partial charge in [-0.05, 0) is 38.2 Å². The fourth-order valence-electron chi connectivity index (χ4n) is 2.74. The van der Waals surface area contributed by atoms with E-state index in [1.165, 1.54) is 0 Å². The lowest BCUT2D eigenvalue weighted by Crippen LogP contribution is -2.45. The summed E-state index contributed by atoms with van der Waals surface area (Å²) in [6.45, 7) is 7.97. The van der Waals surface area contributed by atoms with E-state index in [-0.39, 0.29) is 18.4 Å². The number of aryl methyl sites for hydroxylation is 1. The first-order valence-corrected chi connectivity index (χ1v) is 8.67. The van der Waals surface area contributed by atoms with Crippen LogP contribution < -0.4 is 10.6 Å². The van der Waals surface area contributed by atoms with Gasteiger partial charge in [0.2, 0.25) is 5.91 Å². The summed E-state index contributed by atoms with van der Waals surface area (Å²) in [6, 6.07) is 7.32. The molecule has 1 fully saturated rings. The number of amides is 4. The van der Waals surface area contributed by atoms with E-state index in [2.05, 4.69) is 24.5 Å². The predicted molar refractivity (Wildman–Crippen MR) is 95.7 cm³/mol. The van der Waals surface area contributed by atoms with E-state index in [1.807, 2.05) is 31.2 Å². The topological polar surface area (TPSA) is 78.5 Å². The fourth-order valence-corrected chi connectivity index (χ4v) is 2.74. The van der Waals surface area contributed by atoms with Gasteiger partial charge >= 0.3 is 6.03 Å². The first-order valence-electron chi connectivity index (χ1n) is 8.67. The number of imide groups is 1. The number of hydrogen-bond acceptors (Lipinski definition) is 3. The molecule has 2 N–H and O–H groups in total. The molecule has 6 heteroatoms. The average molecular weight is 345 g/mol. The van der Waals surface area contributed by atoms with Gasteiger partial charge in [0.1, 0.15) is 12.1 Å². The van der Waals surface area contributed by atoms with Crippen molar-refractivity contribution in [1.82, 2.24) is 15.5 Å². The van der Waals surface area contributed by atoms with Crippen molar-refractivity contribution in [2.75, 3.05) is 6.54 Å². The highest BCUT2D eigenvalue weighted by atomic mass is 16.2. The van der Waals surface area contributed by atoms with Gasteiger partial charge in [0.05, 0.1) is 0 Å². The van der Waals surface area contributed by atoms with Crippen molar-refractivity contribution in [2.45, 2.75) is 52.6 Å². The molecular formula is C19H27N3O3. The largest absolute Gasteiger partial charge is 0.350 e. The van der Waals surface area contributed by atoms with Crippen molar-refractivity contribution in [1.29, 1.82) is 0 Å². The van der Waals surface area contributed by atoms with Gasteiger partial charge in [0.25, 0.3) is 5.91 Å². The molecule has 0 aliphatic carbocycles. The van der Waals surface area contributed by atoms with Crippen molar-refractivity contribution in [3.63, 3.8) is 0 Å². The summed E-state index contributed by atoms with van der Waals surface area (Å²) in [5, 5.41) is 5.48. The molecular weight excluding hydrogens is 318 g/mol. The van der Waals surface area contributed by atoms with Crippen LogP contribution in [0.2, 0.25) is 0 Å². The molecule has 1 aromatic rings. The standard InChI is InChI=1S/C19H27N3O3/c1-13(2)9-10-19(4)17(24)22(18(25)21-19)12-16(23)20-11-15-7-5-14(3)6-8-15/h5-8,13H,9-12H2,1-4H3,(H,20,23)(H,21,25). The van der Waals surface area contributed by atoms with Crippen molar-refractivity contribution in [3.8, 4) is 0 Å². The number of rotatable bonds is 7. The van der Waals surface area contributed by atoms with Crippen LogP contribution >= 0.6 is 0 Å². The average Bonchev–Trinajstić information content (AvgIpc) is 2.76. The Morgan fingerprint density at radius 3 is 2.48 bits per heavy atom. The van der Waals surface area contributed by atoms with Crippen LogP contribution in [-0.4, -0.2) is 34.8 Å². The van der Waals surface area contributed by atoms with Crippen LogP contribution in [0.3, 0.4) is 0 Å². The van der Waals surface area contributed by atoms with Crippen LogP contribution in [0.25, 0.3) is 0 Å². The number of carbonyl (C=O) groups excluding carboxylic acids is 3. The van der Waals surface area contributed by atoms with Crippen LogP contribution in [0.4, 0.5) is 4.79 Å².